The molecule has 3 rings (SSSR count). The highest BCUT2D eigenvalue weighted by molar-refractivity contribution is 7.92. The molecule has 39 heavy (non-hydrogen) atoms. The predicted octanol–water partition coefficient (Wildman–Crippen LogP) is 6.09. The van der Waals surface area contributed by atoms with Crippen molar-refractivity contribution < 1.29 is 18.0 Å². The fourth-order valence-electron chi connectivity index (χ4n) is 3.82. The number of rotatable bonds is 11. The van der Waals surface area contributed by atoms with Crippen LogP contribution in [0.15, 0.2) is 71.6 Å². The van der Waals surface area contributed by atoms with Crippen molar-refractivity contribution in [3.8, 4) is 0 Å². The van der Waals surface area contributed by atoms with Crippen LogP contribution in [0.1, 0.15) is 31.4 Å². The third-order valence-electron chi connectivity index (χ3n) is 6.06. The van der Waals surface area contributed by atoms with Gasteiger partial charge in [0.1, 0.15) is 12.6 Å². The zero-order valence-electron chi connectivity index (χ0n) is 21.8. The highest BCUT2D eigenvalue weighted by Gasteiger charge is 2.33. The van der Waals surface area contributed by atoms with E-state index in [1.54, 1.807) is 55.5 Å². The standard InChI is InChI=1S/C28H30Cl3N3O4S/c1-4-15-32-28(36)20(3)33(17-21-11-14-23(29)25(31)16-21)27(35)18-34(26-8-6-5-7-24(26)30)39(37,38)22-12-9-19(2)10-13-22/h5-14,16,20H,4,15,17-18H2,1-3H3,(H,32,36)/t20-/m0/s1. The summed E-state index contributed by atoms with van der Waals surface area (Å²) in [6.45, 7) is 5.20. The third kappa shape index (κ3) is 7.66. The first kappa shape index (κ1) is 30.8. The SMILES string of the molecule is CCCNC(=O)[C@H](C)N(Cc1ccc(Cl)c(Cl)c1)C(=O)CN(c1ccccc1Cl)S(=O)(=O)c1ccc(C)cc1. The van der Waals surface area contributed by atoms with Crippen LogP contribution in [0.2, 0.25) is 15.1 Å². The molecule has 0 fully saturated rings. The van der Waals surface area contributed by atoms with E-state index in [9.17, 15) is 18.0 Å². The maximum Gasteiger partial charge on any atom is 0.264 e. The number of para-hydroxylation sites is 1. The Morgan fingerprint density at radius 3 is 2.21 bits per heavy atom. The molecule has 11 heteroatoms. The molecule has 208 valence electrons. The Morgan fingerprint density at radius 1 is 0.923 bits per heavy atom. The van der Waals surface area contributed by atoms with Gasteiger partial charge in [-0.3, -0.25) is 13.9 Å². The first-order valence-corrected chi connectivity index (χ1v) is 14.9. The van der Waals surface area contributed by atoms with Crippen molar-refractivity contribution >= 4 is 62.3 Å². The van der Waals surface area contributed by atoms with Crippen molar-refractivity contribution in [1.82, 2.24) is 10.2 Å². The van der Waals surface area contributed by atoms with Crippen LogP contribution in [0.5, 0.6) is 0 Å². The van der Waals surface area contributed by atoms with Gasteiger partial charge < -0.3 is 10.2 Å². The molecular weight excluding hydrogens is 581 g/mol. The molecule has 1 atom stereocenters. The Morgan fingerprint density at radius 2 is 1.59 bits per heavy atom. The second-order valence-corrected chi connectivity index (χ2v) is 12.1. The number of carbonyl (C=O) groups is 2. The summed E-state index contributed by atoms with van der Waals surface area (Å²) in [4.78, 5) is 28.1. The maximum absolute atomic E-state index is 13.9. The van der Waals surface area contributed by atoms with Crippen LogP contribution in [-0.4, -0.2) is 44.3 Å². The van der Waals surface area contributed by atoms with E-state index in [1.165, 1.54) is 23.1 Å². The normalized spacial score (nSPS) is 12.1. The number of nitrogens with one attached hydrogen (secondary N) is 1. The molecular formula is C28H30Cl3N3O4S. The Labute approximate surface area is 244 Å². The number of halogens is 3. The fraction of sp³-hybridized carbons (Fsp3) is 0.286. The van der Waals surface area contributed by atoms with Crippen molar-refractivity contribution in [2.45, 2.75) is 44.7 Å². The predicted molar refractivity (Wildman–Crippen MR) is 157 cm³/mol. The first-order chi connectivity index (χ1) is 18.4. The summed E-state index contributed by atoms with van der Waals surface area (Å²) < 4.78 is 28.6. The second-order valence-electron chi connectivity index (χ2n) is 9.01. The molecule has 7 nitrogen and oxygen atoms in total. The number of benzene rings is 3. The van der Waals surface area contributed by atoms with E-state index in [0.29, 0.717) is 28.6 Å². The Bertz CT molecular complexity index is 1430. The highest BCUT2D eigenvalue weighted by Crippen LogP contribution is 2.31. The van der Waals surface area contributed by atoms with Gasteiger partial charge in [-0.05, 0) is 62.2 Å². The van der Waals surface area contributed by atoms with Crippen LogP contribution in [-0.2, 0) is 26.2 Å². The number of anilines is 1. The molecule has 0 radical (unpaired) electrons. The molecule has 0 saturated carbocycles. The molecule has 0 aliphatic heterocycles. The smallest absolute Gasteiger partial charge is 0.264 e. The van der Waals surface area contributed by atoms with Gasteiger partial charge in [-0.15, -0.1) is 0 Å². The van der Waals surface area contributed by atoms with E-state index in [-0.39, 0.29) is 28.1 Å². The van der Waals surface area contributed by atoms with E-state index < -0.39 is 28.5 Å². The number of nitrogens with zero attached hydrogens (tertiary/aromatic N) is 2. The number of amides is 2. The lowest BCUT2D eigenvalue weighted by Gasteiger charge is -2.32. The van der Waals surface area contributed by atoms with Crippen LogP contribution < -0.4 is 9.62 Å². The lowest BCUT2D eigenvalue weighted by atomic mass is 10.1. The van der Waals surface area contributed by atoms with Gasteiger partial charge in [0.15, 0.2) is 0 Å². The molecule has 0 bridgehead atoms. The minimum atomic E-state index is -4.21. The van der Waals surface area contributed by atoms with Gasteiger partial charge in [0.2, 0.25) is 11.8 Å². The zero-order chi connectivity index (χ0) is 28.7. The van der Waals surface area contributed by atoms with Crippen molar-refractivity contribution in [2.24, 2.45) is 0 Å². The fourth-order valence-corrected chi connectivity index (χ4v) is 5.86. The summed E-state index contributed by atoms with van der Waals surface area (Å²) in [5.41, 5.74) is 1.65. The van der Waals surface area contributed by atoms with Crippen LogP contribution in [0.4, 0.5) is 5.69 Å². The Kier molecular flexibility index (Phi) is 10.7. The molecule has 0 heterocycles. The van der Waals surface area contributed by atoms with Crippen molar-refractivity contribution in [2.75, 3.05) is 17.4 Å². The molecule has 2 amide bonds. The van der Waals surface area contributed by atoms with Gasteiger partial charge in [-0.2, -0.15) is 0 Å². The van der Waals surface area contributed by atoms with E-state index in [1.807, 2.05) is 13.8 Å². The molecule has 0 aliphatic rings. The van der Waals surface area contributed by atoms with Crippen LogP contribution in [0.3, 0.4) is 0 Å². The monoisotopic (exact) mass is 609 g/mol. The quantitative estimate of drug-likeness (QED) is 0.285. The zero-order valence-corrected chi connectivity index (χ0v) is 24.9. The Balaban J connectivity index is 2.04. The summed E-state index contributed by atoms with van der Waals surface area (Å²) in [6.07, 6.45) is 0.717. The molecule has 0 aromatic heterocycles. The topological polar surface area (TPSA) is 86.8 Å². The summed E-state index contributed by atoms with van der Waals surface area (Å²) in [5, 5.41) is 3.60. The number of aryl methyl sites for hydroxylation is 1. The number of carbonyl (C=O) groups excluding carboxylic acids is 2. The summed E-state index contributed by atoms with van der Waals surface area (Å²) in [6, 6.07) is 16.7. The van der Waals surface area contributed by atoms with Crippen molar-refractivity contribution in [1.29, 1.82) is 0 Å². The molecule has 0 saturated heterocycles. The van der Waals surface area contributed by atoms with Crippen LogP contribution >= 0.6 is 34.8 Å². The molecule has 3 aromatic carbocycles. The highest BCUT2D eigenvalue weighted by atomic mass is 35.5. The van der Waals surface area contributed by atoms with Gasteiger partial charge in [0, 0.05) is 13.1 Å². The molecule has 0 spiro atoms. The summed E-state index contributed by atoms with van der Waals surface area (Å²) in [5.74, 6) is -0.966. The molecule has 1 N–H and O–H groups in total. The van der Waals surface area contributed by atoms with E-state index in [0.717, 1.165) is 9.87 Å². The second kappa shape index (κ2) is 13.5. The van der Waals surface area contributed by atoms with Gasteiger partial charge in [-0.25, -0.2) is 8.42 Å². The molecule has 3 aromatic rings. The largest absolute Gasteiger partial charge is 0.354 e. The number of hydrogen-bond acceptors (Lipinski definition) is 4. The third-order valence-corrected chi connectivity index (χ3v) is 8.90. The average molecular weight is 611 g/mol. The lowest BCUT2D eigenvalue weighted by Crippen LogP contribution is -2.51. The number of hydrogen-bond donors (Lipinski definition) is 1. The maximum atomic E-state index is 13.9. The summed E-state index contributed by atoms with van der Waals surface area (Å²) >= 11 is 18.7. The van der Waals surface area contributed by atoms with E-state index in [2.05, 4.69) is 5.32 Å². The van der Waals surface area contributed by atoms with Gasteiger partial charge in [0.05, 0.1) is 25.7 Å². The van der Waals surface area contributed by atoms with Gasteiger partial charge in [-0.1, -0.05) is 77.6 Å². The van der Waals surface area contributed by atoms with Crippen molar-refractivity contribution in [3.63, 3.8) is 0 Å². The minimum absolute atomic E-state index is 0.00260. The van der Waals surface area contributed by atoms with Crippen molar-refractivity contribution in [3.05, 3.63) is 92.9 Å². The molecule has 0 unspecified atom stereocenters. The van der Waals surface area contributed by atoms with E-state index >= 15 is 0 Å². The Hall–Kier alpha value is -2.78. The molecule has 0 aliphatic carbocycles. The first-order valence-electron chi connectivity index (χ1n) is 12.3. The number of sulfonamides is 1. The summed E-state index contributed by atoms with van der Waals surface area (Å²) in [7, 11) is -4.21. The lowest BCUT2D eigenvalue weighted by molar-refractivity contribution is -0.139. The van der Waals surface area contributed by atoms with Crippen LogP contribution in [0.25, 0.3) is 0 Å². The van der Waals surface area contributed by atoms with Crippen LogP contribution in [0, 0.1) is 6.92 Å². The van der Waals surface area contributed by atoms with Gasteiger partial charge >= 0.3 is 0 Å². The van der Waals surface area contributed by atoms with E-state index in [4.69, 9.17) is 34.8 Å². The minimum Gasteiger partial charge on any atom is -0.354 e. The van der Waals surface area contributed by atoms with Gasteiger partial charge in [0.25, 0.3) is 10.0 Å². The average Bonchev–Trinajstić information content (AvgIpc) is 2.91.